The van der Waals surface area contributed by atoms with Gasteiger partial charge in [0.05, 0.1) is 10.5 Å². The van der Waals surface area contributed by atoms with Gasteiger partial charge in [-0.25, -0.2) is 0 Å². The maximum absolute atomic E-state index is 2.50. The maximum Gasteiger partial charge on any atom is 0.0519 e. The smallest absolute Gasteiger partial charge is 0.0519 e. The van der Waals surface area contributed by atoms with E-state index in [2.05, 4.69) is 165 Å². The minimum Gasteiger partial charge on any atom is -0.136 e. The van der Waals surface area contributed by atoms with Crippen molar-refractivity contribution in [2.45, 2.75) is 97.2 Å². The molecule has 3 aliphatic rings. The van der Waals surface area contributed by atoms with E-state index in [0.717, 1.165) is 6.42 Å². The number of hydrogen-bond acceptors (Lipinski definition) is 4. The molecular formula is C48H48S4. The molecule has 4 aromatic carbocycles. The van der Waals surface area contributed by atoms with Gasteiger partial charge in [-0.15, -0.1) is 46.6 Å². The standard InChI is InChI=1S/C48H48S4/c1-3-5-7-9-33-11-15-35(16-12-33)19-23-39-25-29-43(49-39)37-21-27-41-45(31-37)51-48-42-28-22-38(32-46(42)52-47(41)48)44-30-26-40(50-44)24-20-36-17-13-34(14-18-36)10-8-6-4-2/h11-29,31-32,44,47-48H,3-10,30H2,1-2H3/b23-19+,24-20+. The van der Waals surface area contributed by atoms with Crippen molar-refractivity contribution in [3.63, 3.8) is 0 Å². The molecule has 0 spiro atoms. The van der Waals surface area contributed by atoms with Crippen molar-refractivity contribution in [1.82, 2.24) is 0 Å². The van der Waals surface area contributed by atoms with E-state index >= 15 is 0 Å². The molecule has 4 heteroatoms. The molecule has 5 aromatic rings. The molecule has 0 saturated carbocycles. The Bertz CT molecular complexity index is 2080. The Labute approximate surface area is 328 Å². The van der Waals surface area contributed by atoms with Crippen molar-refractivity contribution >= 4 is 64.9 Å². The van der Waals surface area contributed by atoms with Gasteiger partial charge in [0.2, 0.25) is 0 Å². The first-order chi connectivity index (χ1) is 25.6. The first kappa shape index (κ1) is 35.9. The number of benzene rings is 4. The first-order valence-electron chi connectivity index (χ1n) is 19.3. The van der Waals surface area contributed by atoms with Crippen LogP contribution in [0.25, 0.3) is 28.7 Å². The maximum atomic E-state index is 2.50. The molecule has 0 amide bonds. The first-order valence-corrected chi connectivity index (χ1v) is 22.7. The van der Waals surface area contributed by atoms with Gasteiger partial charge < -0.3 is 0 Å². The number of allylic oxidation sites excluding steroid dienone is 2. The molecule has 0 bridgehead atoms. The summed E-state index contributed by atoms with van der Waals surface area (Å²) < 4.78 is 0. The fourth-order valence-electron chi connectivity index (χ4n) is 7.46. The Morgan fingerprint density at radius 2 is 1.19 bits per heavy atom. The van der Waals surface area contributed by atoms with Crippen LogP contribution >= 0.6 is 46.6 Å². The highest BCUT2D eigenvalue weighted by Crippen LogP contribution is 2.67. The fraction of sp³-hybridized carbons (Fsp3) is 0.292. The third-order valence-corrected chi connectivity index (χ3v) is 15.9. The monoisotopic (exact) mass is 752 g/mol. The molecule has 0 nitrogen and oxygen atoms in total. The van der Waals surface area contributed by atoms with E-state index in [9.17, 15) is 0 Å². The van der Waals surface area contributed by atoms with E-state index in [0.29, 0.717) is 15.7 Å². The zero-order valence-electron chi connectivity index (χ0n) is 30.4. The lowest BCUT2D eigenvalue weighted by Crippen LogP contribution is -1.93. The van der Waals surface area contributed by atoms with Crippen LogP contribution in [0.5, 0.6) is 0 Å². The number of unbranched alkanes of at least 4 members (excludes halogenated alkanes) is 4. The predicted octanol–water partition coefficient (Wildman–Crippen LogP) is 15.8. The summed E-state index contributed by atoms with van der Waals surface area (Å²) in [7, 11) is 0. The molecule has 0 radical (unpaired) electrons. The molecule has 3 aliphatic heterocycles. The van der Waals surface area contributed by atoms with Crippen LogP contribution in [0.3, 0.4) is 0 Å². The summed E-state index contributed by atoms with van der Waals surface area (Å²) in [6, 6.07) is 37.4. The summed E-state index contributed by atoms with van der Waals surface area (Å²) in [4.78, 5) is 6.97. The van der Waals surface area contributed by atoms with E-state index in [4.69, 9.17) is 0 Å². The Morgan fingerprint density at radius 1 is 0.577 bits per heavy atom. The van der Waals surface area contributed by atoms with Gasteiger partial charge in [0.15, 0.2) is 0 Å². The normalized spacial score (nSPS) is 19.0. The molecule has 52 heavy (non-hydrogen) atoms. The molecule has 0 saturated heterocycles. The summed E-state index contributed by atoms with van der Waals surface area (Å²) in [5.74, 6) is 0. The molecule has 4 heterocycles. The number of rotatable bonds is 14. The van der Waals surface area contributed by atoms with Crippen LogP contribution in [0.4, 0.5) is 0 Å². The second-order valence-corrected chi connectivity index (χ2v) is 19.1. The molecule has 8 rings (SSSR count). The average molecular weight is 753 g/mol. The summed E-state index contributed by atoms with van der Waals surface area (Å²) >= 11 is 8.06. The quantitative estimate of drug-likeness (QED) is 0.104. The van der Waals surface area contributed by atoms with Gasteiger partial charge in [0.25, 0.3) is 0 Å². The average Bonchev–Trinajstić information content (AvgIpc) is 3.98. The Balaban J connectivity index is 0.864. The molecule has 264 valence electrons. The third-order valence-electron chi connectivity index (χ3n) is 10.5. The van der Waals surface area contributed by atoms with Gasteiger partial charge in [-0.1, -0.05) is 131 Å². The number of aryl methyl sites for hydroxylation is 2. The van der Waals surface area contributed by atoms with E-state index in [1.807, 2.05) is 23.1 Å². The highest BCUT2D eigenvalue weighted by molar-refractivity contribution is 8.05. The zero-order valence-corrected chi connectivity index (χ0v) is 33.6. The van der Waals surface area contributed by atoms with E-state index in [1.54, 1.807) is 0 Å². The number of thioether (sulfide) groups is 3. The highest BCUT2D eigenvalue weighted by Gasteiger charge is 2.42. The lowest BCUT2D eigenvalue weighted by molar-refractivity contribution is 0.717. The Kier molecular flexibility index (Phi) is 11.6. The van der Waals surface area contributed by atoms with Gasteiger partial charge in [-0.2, -0.15) is 0 Å². The Morgan fingerprint density at radius 3 is 1.85 bits per heavy atom. The molecule has 0 fully saturated rings. The summed E-state index contributed by atoms with van der Waals surface area (Å²) in [5, 5.41) is 1.51. The molecule has 0 aliphatic carbocycles. The largest absolute Gasteiger partial charge is 0.136 e. The molecule has 1 aromatic heterocycles. The summed E-state index contributed by atoms with van der Waals surface area (Å²) in [5.41, 5.74) is 11.3. The molecule has 3 unspecified atom stereocenters. The topological polar surface area (TPSA) is 0 Å². The minimum atomic E-state index is 0.501. The second kappa shape index (κ2) is 16.9. The lowest BCUT2D eigenvalue weighted by atomic mass is 10.0. The SMILES string of the molecule is CCCCCc1ccc(/C=C/C2=CCC(c3ccc4c(c3)SC3c5ccc(-c6ccc(/C=C/c7ccc(CCCCC)cc7)s6)cc5SC43)S2)cc1. The molecular weight excluding hydrogens is 705 g/mol. The van der Waals surface area contributed by atoms with Gasteiger partial charge in [-0.3, -0.25) is 0 Å². The van der Waals surface area contributed by atoms with E-state index in [1.165, 1.54) is 120 Å². The lowest BCUT2D eigenvalue weighted by Gasteiger charge is -2.13. The highest BCUT2D eigenvalue weighted by atomic mass is 32.2. The van der Waals surface area contributed by atoms with Crippen LogP contribution in [0.15, 0.2) is 124 Å². The molecule has 0 N–H and O–H groups in total. The van der Waals surface area contributed by atoms with Gasteiger partial charge in [0.1, 0.15) is 0 Å². The Hall–Kier alpha value is -3.15. The van der Waals surface area contributed by atoms with Crippen LogP contribution in [-0.2, 0) is 12.8 Å². The van der Waals surface area contributed by atoms with Crippen LogP contribution in [0, 0.1) is 0 Å². The number of fused-ring (bicyclic) bond motifs is 5. The van der Waals surface area contributed by atoms with Gasteiger partial charge in [-0.05, 0) is 113 Å². The van der Waals surface area contributed by atoms with E-state index < -0.39 is 0 Å². The summed E-state index contributed by atoms with van der Waals surface area (Å²) in [6.45, 7) is 4.53. The fourth-order valence-corrected chi connectivity index (χ4v) is 12.8. The van der Waals surface area contributed by atoms with Crippen molar-refractivity contribution in [3.05, 3.63) is 158 Å². The van der Waals surface area contributed by atoms with Crippen LogP contribution in [-0.4, -0.2) is 0 Å². The van der Waals surface area contributed by atoms with Crippen molar-refractivity contribution in [3.8, 4) is 10.4 Å². The van der Waals surface area contributed by atoms with Crippen LogP contribution in [0.1, 0.15) is 118 Å². The van der Waals surface area contributed by atoms with Crippen molar-refractivity contribution < 1.29 is 0 Å². The van der Waals surface area contributed by atoms with Crippen molar-refractivity contribution in [1.29, 1.82) is 0 Å². The third kappa shape index (κ3) is 8.31. The summed E-state index contributed by atoms with van der Waals surface area (Å²) in [6.07, 6.45) is 22.8. The number of hydrogen-bond donors (Lipinski definition) is 0. The van der Waals surface area contributed by atoms with E-state index in [-0.39, 0.29) is 0 Å². The van der Waals surface area contributed by atoms with Crippen LogP contribution in [0.2, 0.25) is 0 Å². The van der Waals surface area contributed by atoms with Gasteiger partial charge in [0, 0.05) is 29.7 Å². The van der Waals surface area contributed by atoms with Crippen LogP contribution < -0.4 is 0 Å². The van der Waals surface area contributed by atoms with Crippen molar-refractivity contribution in [2.75, 3.05) is 0 Å². The molecule has 3 atom stereocenters. The second-order valence-electron chi connectivity index (χ2n) is 14.3. The van der Waals surface area contributed by atoms with Gasteiger partial charge >= 0.3 is 0 Å². The zero-order chi connectivity index (χ0) is 35.3. The van der Waals surface area contributed by atoms with Crippen molar-refractivity contribution in [2.24, 2.45) is 0 Å². The minimum absolute atomic E-state index is 0.501. The predicted molar refractivity (Wildman–Crippen MR) is 234 cm³/mol. The number of thiophene rings is 1.